The summed E-state index contributed by atoms with van der Waals surface area (Å²) < 4.78 is 41.9. The summed E-state index contributed by atoms with van der Waals surface area (Å²) in [6, 6.07) is 14.6. The molecule has 0 bridgehead atoms. The lowest BCUT2D eigenvalue weighted by atomic mass is 9.98. The van der Waals surface area contributed by atoms with E-state index >= 15 is 0 Å². The molecule has 0 saturated heterocycles. The summed E-state index contributed by atoms with van der Waals surface area (Å²) in [5.74, 6) is -2.38. The van der Waals surface area contributed by atoms with Crippen molar-refractivity contribution in [2.45, 2.75) is 19.8 Å². The molecule has 0 saturated carbocycles. The van der Waals surface area contributed by atoms with Gasteiger partial charge in [-0.3, -0.25) is 0 Å². The highest BCUT2D eigenvalue weighted by atomic mass is 35.5. The molecule has 0 spiro atoms. The van der Waals surface area contributed by atoms with E-state index in [1.54, 1.807) is 6.07 Å². The lowest BCUT2D eigenvalue weighted by molar-refractivity contribution is 0.584. The summed E-state index contributed by atoms with van der Waals surface area (Å²) in [7, 11) is 0. The molecule has 0 atom stereocenters. The van der Waals surface area contributed by atoms with E-state index in [2.05, 4.69) is 6.08 Å². The second-order valence-electron chi connectivity index (χ2n) is 6.25. The molecule has 3 rings (SSSR count). The van der Waals surface area contributed by atoms with Crippen LogP contribution in [-0.4, -0.2) is 0 Å². The van der Waals surface area contributed by atoms with E-state index in [9.17, 15) is 13.2 Å². The second kappa shape index (κ2) is 8.45. The highest BCUT2D eigenvalue weighted by Crippen LogP contribution is 2.31. The molecule has 4 heteroatoms. The van der Waals surface area contributed by atoms with Crippen LogP contribution in [0.15, 0.2) is 66.7 Å². The minimum atomic E-state index is -0.913. The van der Waals surface area contributed by atoms with Crippen molar-refractivity contribution in [2.75, 3.05) is 0 Å². The Morgan fingerprint density at radius 2 is 1.37 bits per heavy atom. The fourth-order valence-electron chi connectivity index (χ4n) is 2.92. The van der Waals surface area contributed by atoms with Gasteiger partial charge in [0.1, 0.15) is 22.5 Å². The van der Waals surface area contributed by atoms with E-state index in [0.717, 1.165) is 30.5 Å². The van der Waals surface area contributed by atoms with Gasteiger partial charge in [0.05, 0.1) is 0 Å². The summed E-state index contributed by atoms with van der Waals surface area (Å²) in [6.45, 7) is 1.99. The predicted molar refractivity (Wildman–Crippen MR) is 105 cm³/mol. The van der Waals surface area contributed by atoms with Crippen LogP contribution < -0.4 is 0 Å². The smallest absolute Gasteiger partial charge is 0.145 e. The number of hydrogen-bond acceptors (Lipinski definition) is 0. The third kappa shape index (κ3) is 4.42. The quantitative estimate of drug-likeness (QED) is 0.313. The van der Waals surface area contributed by atoms with Gasteiger partial charge in [-0.15, -0.1) is 0 Å². The zero-order valence-corrected chi connectivity index (χ0v) is 15.5. The Kier molecular flexibility index (Phi) is 6.02. The van der Waals surface area contributed by atoms with E-state index in [1.165, 1.54) is 17.7 Å². The first kappa shape index (κ1) is 19.2. The molecule has 0 aliphatic rings. The average Bonchev–Trinajstić information content (AvgIpc) is 2.66. The van der Waals surface area contributed by atoms with Crippen molar-refractivity contribution < 1.29 is 13.2 Å². The van der Waals surface area contributed by atoms with Crippen LogP contribution in [0.5, 0.6) is 0 Å². The molecular formula is C23H18ClF3. The Labute approximate surface area is 161 Å². The van der Waals surface area contributed by atoms with Crippen molar-refractivity contribution in [3.05, 3.63) is 94.8 Å². The highest BCUT2D eigenvalue weighted by Gasteiger charge is 2.13. The molecule has 0 radical (unpaired) electrons. The SMILES string of the molecule is C/C=C/CCc1ccc(-c2ccc(-c3cc(F)c(Cl)c(F)c3)c(F)c2)cc1. The number of benzene rings is 3. The molecule has 138 valence electrons. The molecule has 0 amide bonds. The number of allylic oxidation sites excluding steroid dienone is 2. The molecule has 0 aliphatic carbocycles. The molecule has 0 fully saturated rings. The lowest BCUT2D eigenvalue weighted by Crippen LogP contribution is -1.91. The molecule has 0 N–H and O–H groups in total. The normalized spacial score (nSPS) is 11.3. The molecule has 0 nitrogen and oxygen atoms in total. The minimum Gasteiger partial charge on any atom is -0.206 e. The molecule has 3 aromatic rings. The summed E-state index contributed by atoms with van der Waals surface area (Å²) in [4.78, 5) is 0. The van der Waals surface area contributed by atoms with Gasteiger partial charge in [-0.1, -0.05) is 60.2 Å². The van der Waals surface area contributed by atoms with Crippen molar-refractivity contribution in [2.24, 2.45) is 0 Å². The third-order valence-electron chi connectivity index (χ3n) is 4.39. The van der Waals surface area contributed by atoms with Crippen LogP contribution in [0, 0.1) is 17.5 Å². The Balaban J connectivity index is 1.86. The van der Waals surface area contributed by atoms with Crippen molar-refractivity contribution in [3.8, 4) is 22.3 Å². The maximum atomic E-state index is 14.6. The zero-order chi connectivity index (χ0) is 19.4. The topological polar surface area (TPSA) is 0 Å². The molecule has 27 heavy (non-hydrogen) atoms. The number of halogens is 4. The summed E-state index contributed by atoms with van der Waals surface area (Å²) >= 11 is 5.49. The lowest BCUT2D eigenvalue weighted by Gasteiger charge is -2.09. The van der Waals surface area contributed by atoms with E-state index in [0.29, 0.717) is 5.56 Å². The van der Waals surface area contributed by atoms with E-state index < -0.39 is 22.5 Å². The first-order valence-corrected chi connectivity index (χ1v) is 9.02. The summed E-state index contributed by atoms with van der Waals surface area (Å²) in [5, 5.41) is -0.592. The Morgan fingerprint density at radius 1 is 0.778 bits per heavy atom. The maximum absolute atomic E-state index is 14.6. The highest BCUT2D eigenvalue weighted by molar-refractivity contribution is 6.31. The predicted octanol–water partition coefficient (Wildman–Crippen LogP) is 7.60. The fraction of sp³-hybridized carbons (Fsp3) is 0.130. The minimum absolute atomic E-state index is 0.109. The molecule has 3 aromatic carbocycles. The first-order chi connectivity index (χ1) is 13.0. The van der Waals surface area contributed by atoms with Gasteiger partial charge in [0.25, 0.3) is 0 Å². The van der Waals surface area contributed by atoms with Crippen molar-refractivity contribution in [1.82, 2.24) is 0 Å². The number of rotatable bonds is 5. The van der Waals surface area contributed by atoms with Gasteiger partial charge in [0, 0.05) is 5.56 Å². The first-order valence-electron chi connectivity index (χ1n) is 8.64. The van der Waals surface area contributed by atoms with Crippen molar-refractivity contribution in [3.63, 3.8) is 0 Å². The van der Waals surface area contributed by atoms with Gasteiger partial charge < -0.3 is 0 Å². The molecule has 0 aliphatic heterocycles. The fourth-order valence-corrected chi connectivity index (χ4v) is 3.03. The summed E-state index contributed by atoms with van der Waals surface area (Å²) in [6.07, 6.45) is 6.07. The van der Waals surface area contributed by atoms with Gasteiger partial charge >= 0.3 is 0 Å². The average molecular weight is 387 g/mol. The molecule has 0 heterocycles. The monoisotopic (exact) mass is 386 g/mol. The van der Waals surface area contributed by atoms with Crippen LogP contribution in [-0.2, 0) is 6.42 Å². The van der Waals surface area contributed by atoms with Gasteiger partial charge in [-0.05, 0) is 60.2 Å². The number of aryl methyl sites for hydroxylation is 1. The van der Waals surface area contributed by atoms with Crippen LogP contribution in [0.3, 0.4) is 0 Å². The van der Waals surface area contributed by atoms with Crippen molar-refractivity contribution >= 4 is 11.6 Å². The summed E-state index contributed by atoms with van der Waals surface area (Å²) in [5.41, 5.74) is 3.02. The van der Waals surface area contributed by atoms with Crippen LogP contribution >= 0.6 is 11.6 Å². The number of hydrogen-bond donors (Lipinski definition) is 0. The Morgan fingerprint density at radius 3 is 1.96 bits per heavy atom. The van der Waals surface area contributed by atoms with Crippen LogP contribution in [0.1, 0.15) is 18.9 Å². The van der Waals surface area contributed by atoms with Gasteiger partial charge in [-0.25, -0.2) is 13.2 Å². The Hall–Kier alpha value is -2.52. The largest absolute Gasteiger partial charge is 0.206 e. The third-order valence-corrected chi connectivity index (χ3v) is 4.75. The van der Waals surface area contributed by atoms with Crippen LogP contribution in [0.2, 0.25) is 5.02 Å². The van der Waals surface area contributed by atoms with Gasteiger partial charge in [-0.2, -0.15) is 0 Å². The Bertz CT molecular complexity index is 952. The van der Waals surface area contributed by atoms with Crippen LogP contribution in [0.4, 0.5) is 13.2 Å². The second-order valence-corrected chi connectivity index (χ2v) is 6.63. The van der Waals surface area contributed by atoms with E-state index in [4.69, 9.17) is 11.6 Å². The van der Waals surface area contributed by atoms with E-state index in [1.807, 2.05) is 37.3 Å². The van der Waals surface area contributed by atoms with Gasteiger partial charge in [0.15, 0.2) is 0 Å². The zero-order valence-electron chi connectivity index (χ0n) is 14.8. The van der Waals surface area contributed by atoms with Crippen LogP contribution in [0.25, 0.3) is 22.3 Å². The van der Waals surface area contributed by atoms with E-state index in [-0.39, 0.29) is 11.1 Å². The standard InChI is InChI=1S/C23H18ClF3/c1-2-3-4-5-15-6-8-16(9-7-15)17-10-11-19(20(25)12-17)18-13-21(26)23(24)22(27)14-18/h2-3,6-14H,4-5H2,1H3/b3-2+. The molecule has 0 aromatic heterocycles. The van der Waals surface area contributed by atoms with Crippen molar-refractivity contribution in [1.29, 1.82) is 0 Å². The molecular weight excluding hydrogens is 369 g/mol. The maximum Gasteiger partial charge on any atom is 0.145 e. The van der Waals surface area contributed by atoms with Gasteiger partial charge in [0.2, 0.25) is 0 Å². The molecule has 0 unspecified atom stereocenters.